The Morgan fingerprint density at radius 2 is 2.00 bits per heavy atom. The van der Waals surface area contributed by atoms with Gasteiger partial charge in [0.05, 0.1) is 11.0 Å². The molecule has 5 heteroatoms. The van der Waals surface area contributed by atoms with Gasteiger partial charge in [-0.2, -0.15) is 0 Å². The van der Waals surface area contributed by atoms with Crippen LogP contribution < -0.4 is 10.2 Å². The standard InChI is InChI=1S/C18H20N4O/c1-22(2)14-7-5-6-13(12-14)18(23)19-11-10-17-20-15-8-3-4-9-16(15)21-17/h3-9,12H,10-11H2,1-2H3,(H,19,23)(H,20,21). The van der Waals surface area contributed by atoms with Crippen molar-refractivity contribution < 1.29 is 4.79 Å². The molecule has 0 atom stereocenters. The zero-order chi connectivity index (χ0) is 16.2. The molecular formula is C18H20N4O. The number of H-pyrrole nitrogens is 1. The van der Waals surface area contributed by atoms with Crippen LogP contribution in [-0.2, 0) is 6.42 Å². The number of fused-ring (bicyclic) bond motifs is 1. The van der Waals surface area contributed by atoms with Gasteiger partial charge in [-0.05, 0) is 30.3 Å². The first-order chi connectivity index (χ1) is 11.1. The number of para-hydroxylation sites is 2. The smallest absolute Gasteiger partial charge is 0.251 e. The number of imidazole rings is 1. The predicted molar refractivity (Wildman–Crippen MR) is 92.9 cm³/mol. The maximum Gasteiger partial charge on any atom is 0.251 e. The molecule has 1 aromatic heterocycles. The van der Waals surface area contributed by atoms with Crippen LogP contribution in [0.3, 0.4) is 0 Å². The second kappa shape index (κ2) is 6.52. The van der Waals surface area contributed by atoms with Crippen molar-refractivity contribution in [3.05, 3.63) is 59.9 Å². The molecule has 118 valence electrons. The molecule has 0 fully saturated rings. The van der Waals surface area contributed by atoms with Gasteiger partial charge in [0, 0.05) is 38.3 Å². The minimum atomic E-state index is -0.0650. The highest BCUT2D eigenvalue weighted by Crippen LogP contribution is 2.13. The van der Waals surface area contributed by atoms with Crippen molar-refractivity contribution in [2.24, 2.45) is 0 Å². The molecule has 3 rings (SSSR count). The summed E-state index contributed by atoms with van der Waals surface area (Å²) in [6.45, 7) is 0.546. The number of hydrogen-bond acceptors (Lipinski definition) is 3. The van der Waals surface area contributed by atoms with Gasteiger partial charge in [0.2, 0.25) is 0 Å². The number of amides is 1. The van der Waals surface area contributed by atoms with Crippen LogP contribution in [0.1, 0.15) is 16.2 Å². The van der Waals surface area contributed by atoms with Gasteiger partial charge in [-0.3, -0.25) is 4.79 Å². The Hall–Kier alpha value is -2.82. The first kappa shape index (κ1) is 15.1. The summed E-state index contributed by atoms with van der Waals surface area (Å²) in [6, 6.07) is 15.5. The number of carbonyl (C=O) groups excluding carboxylic acids is 1. The quantitative estimate of drug-likeness (QED) is 0.761. The SMILES string of the molecule is CN(C)c1cccc(C(=O)NCCc2nc3ccccc3[nH]2)c1. The molecule has 0 spiro atoms. The molecule has 0 bridgehead atoms. The van der Waals surface area contributed by atoms with E-state index in [9.17, 15) is 4.79 Å². The molecule has 0 radical (unpaired) electrons. The third-order valence-corrected chi connectivity index (χ3v) is 3.71. The Labute approximate surface area is 135 Å². The summed E-state index contributed by atoms with van der Waals surface area (Å²) in [6.07, 6.45) is 0.674. The average molecular weight is 308 g/mol. The summed E-state index contributed by atoms with van der Waals surface area (Å²) in [5, 5.41) is 2.94. The number of hydrogen-bond donors (Lipinski definition) is 2. The van der Waals surface area contributed by atoms with Crippen LogP contribution in [0.2, 0.25) is 0 Å². The van der Waals surface area contributed by atoms with Crippen molar-refractivity contribution in [2.75, 3.05) is 25.5 Å². The Kier molecular flexibility index (Phi) is 4.28. The molecule has 0 aliphatic rings. The third-order valence-electron chi connectivity index (χ3n) is 3.71. The molecule has 23 heavy (non-hydrogen) atoms. The number of nitrogens with zero attached hydrogens (tertiary/aromatic N) is 2. The van der Waals surface area contributed by atoms with E-state index in [-0.39, 0.29) is 5.91 Å². The summed E-state index contributed by atoms with van der Waals surface area (Å²) in [5.74, 6) is 0.818. The molecule has 0 saturated heterocycles. The fourth-order valence-corrected chi connectivity index (χ4v) is 2.45. The number of nitrogens with one attached hydrogen (secondary N) is 2. The van der Waals surface area contributed by atoms with Crippen molar-refractivity contribution in [1.29, 1.82) is 0 Å². The summed E-state index contributed by atoms with van der Waals surface area (Å²) >= 11 is 0. The lowest BCUT2D eigenvalue weighted by Gasteiger charge is -2.13. The van der Waals surface area contributed by atoms with Gasteiger partial charge in [0.1, 0.15) is 5.82 Å². The van der Waals surface area contributed by atoms with E-state index in [4.69, 9.17) is 0 Å². The van der Waals surface area contributed by atoms with Gasteiger partial charge >= 0.3 is 0 Å². The van der Waals surface area contributed by atoms with Crippen LogP contribution in [0.4, 0.5) is 5.69 Å². The third kappa shape index (κ3) is 3.51. The number of carbonyl (C=O) groups is 1. The van der Waals surface area contributed by atoms with Crippen molar-refractivity contribution in [3.8, 4) is 0 Å². The highest BCUT2D eigenvalue weighted by molar-refractivity contribution is 5.95. The molecule has 2 N–H and O–H groups in total. The van der Waals surface area contributed by atoms with Crippen molar-refractivity contribution in [3.63, 3.8) is 0 Å². The minimum absolute atomic E-state index is 0.0650. The number of anilines is 1. The van der Waals surface area contributed by atoms with Crippen LogP contribution in [0, 0.1) is 0 Å². The number of benzene rings is 2. The Bertz CT molecular complexity index is 790. The first-order valence-electron chi connectivity index (χ1n) is 7.63. The maximum absolute atomic E-state index is 12.2. The van der Waals surface area contributed by atoms with E-state index in [1.807, 2.05) is 67.5 Å². The van der Waals surface area contributed by atoms with Crippen LogP contribution in [-0.4, -0.2) is 36.5 Å². The van der Waals surface area contributed by atoms with Gasteiger partial charge in [-0.15, -0.1) is 0 Å². The maximum atomic E-state index is 12.2. The number of aromatic amines is 1. The summed E-state index contributed by atoms with van der Waals surface area (Å²) < 4.78 is 0. The lowest BCUT2D eigenvalue weighted by atomic mass is 10.2. The minimum Gasteiger partial charge on any atom is -0.378 e. The van der Waals surface area contributed by atoms with E-state index in [0.29, 0.717) is 18.5 Å². The van der Waals surface area contributed by atoms with E-state index < -0.39 is 0 Å². The second-order valence-electron chi connectivity index (χ2n) is 5.65. The number of rotatable bonds is 5. The van der Waals surface area contributed by atoms with Crippen LogP contribution in [0.15, 0.2) is 48.5 Å². The fraction of sp³-hybridized carbons (Fsp3) is 0.222. The largest absolute Gasteiger partial charge is 0.378 e. The average Bonchev–Trinajstić information content (AvgIpc) is 2.97. The number of aromatic nitrogens is 2. The summed E-state index contributed by atoms with van der Waals surface area (Å²) in [4.78, 5) is 22.0. The van der Waals surface area contributed by atoms with Gasteiger partial charge in [0.15, 0.2) is 0 Å². The molecule has 1 heterocycles. The summed E-state index contributed by atoms with van der Waals surface area (Å²) in [7, 11) is 3.91. The fourth-order valence-electron chi connectivity index (χ4n) is 2.45. The van der Waals surface area contributed by atoms with E-state index in [2.05, 4.69) is 15.3 Å². The Morgan fingerprint density at radius 1 is 1.17 bits per heavy atom. The summed E-state index contributed by atoms with van der Waals surface area (Å²) in [5.41, 5.74) is 3.65. The highest BCUT2D eigenvalue weighted by atomic mass is 16.1. The van der Waals surface area contributed by atoms with Gasteiger partial charge < -0.3 is 15.2 Å². The highest BCUT2D eigenvalue weighted by Gasteiger charge is 2.07. The molecular weight excluding hydrogens is 288 g/mol. The Morgan fingerprint density at radius 3 is 2.78 bits per heavy atom. The van der Waals surface area contributed by atoms with Crippen molar-refractivity contribution in [1.82, 2.24) is 15.3 Å². The van der Waals surface area contributed by atoms with Crippen LogP contribution >= 0.6 is 0 Å². The first-order valence-corrected chi connectivity index (χ1v) is 7.63. The van der Waals surface area contributed by atoms with Crippen molar-refractivity contribution >= 4 is 22.6 Å². The van der Waals surface area contributed by atoms with Gasteiger partial charge in [-0.1, -0.05) is 18.2 Å². The zero-order valence-electron chi connectivity index (χ0n) is 13.3. The molecule has 1 amide bonds. The lowest BCUT2D eigenvalue weighted by Crippen LogP contribution is -2.26. The van der Waals surface area contributed by atoms with E-state index in [1.54, 1.807) is 0 Å². The lowest BCUT2D eigenvalue weighted by molar-refractivity contribution is 0.0954. The van der Waals surface area contributed by atoms with E-state index >= 15 is 0 Å². The predicted octanol–water partition coefficient (Wildman–Crippen LogP) is 2.60. The van der Waals surface area contributed by atoms with Crippen LogP contribution in [0.5, 0.6) is 0 Å². The molecule has 0 aliphatic carbocycles. The van der Waals surface area contributed by atoms with E-state index in [1.165, 1.54) is 0 Å². The monoisotopic (exact) mass is 308 g/mol. The molecule has 5 nitrogen and oxygen atoms in total. The zero-order valence-corrected chi connectivity index (χ0v) is 13.3. The van der Waals surface area contributed by atoms with Gasteiger partial charge in [-0.25, -0.2) is 4.98 Å². The van der Waals surface area contributed by atoms with E-state index in [0.717, 1.165) is 22.5 Å². The normalized spacial score (nSPS) is 10.7. The Balaban J connectivity index is 1.59. The topological polar surface area (TPSA) is 61.0 Å². The van der Waals surface area contributed by atoms with Crippen molar-refractivity contribution in [2.45, 2.75) is 6.42 Å². The van der Waals surface area contributed by atoms with Gasteiger partial charge in [0.25, 0.3) is 5.91 Å². The molecule has 2 aromatic carbocycles. The van der Waals surface area contributed by atoms with Crippen LogP contribution in [0.25, 0.3) is 11.0 Å². The molecule has 0 unspecified atom stereocenters. The molecule has 0 aliphatic heterocycles. The molecule has 0 saturated carbocycles. The molecule has 3 aromatic rings. The second-order valence-corrected chi connectivity index (χ2v) is 5.65.